The Hall–Kier alpha value is -1.96. The standard InChI is InChI=1S/C24H37N3O4/c1-18(28)20-9-7-19(8-10-20)15-27-21(16-25(5)6)17-30-24(27)11-13-26(14-12-24)22(29)31-23(2,3)4/h7-10,21H,11-17H2,1-6H3. The normalized spacial score (nSPS) is 21.6. The van der Waals surface area contributed by atoms with Crippen LogP contribution in [0.1, 0.15) is 56.5 Å². The number of ketones is 1. The molecule has 2 aliphatic rings. The molecule has 1 spiro atoms. The van der Waals surface area contributed by atoms with E-state index in [1.807, 2.05) is 45.0 Å². The van der Waals surface area contributed by atoms with Crippen molar-refractivity contribution < 1.29 is 19.1 Å². The predicted molar refractivity (Wildman–Crippen MR) is 120 cm³/mol. The third-order valence-corrected chi connectivity index (χ3v) is 5.99. The molecule has 0 aliphatic carbocycles. The van der Waals surface area contributed by atoms with Crippen LogP contribution in [0.15, 0.2) is 24.3 Å². The van der Waals surface area contributed by atoms with Gasteiger partial charge in [-0.3, -0.25) is 9.69 Å². The highest BCUT2D eigenvalue weighted by molar-refractivity contribution is 5.94. The van der Waals surface area contributed by atoms with Gasteiger partial charge in [-0.25, -0.2) is 4.79 Å². The lowest BCUT2D eigenvalue weighted by atomic mass is 9.97. The lowest BCUT2D eigenvalue weighted by molar-refractivity contribution is -0.125. The lowest BCUT2D eigenvalue weighted by Gasteiger charge is -2.45. The van der Waals surface area contributed by atoms with Gasteiger partial charge in [0.1, 0.15) is 11.3 Å². The first-order valence-corrected chi connectivity index (χ1v) is 11.1. The van der Waals surface area contributed by atoms with Gasteiger partial charge in [-0.05, 0) is 47.4 Å². The molecule has 0 bridgehead atoms. The Balaban J connectivity index is 1.74. The number of piperidine rings is 1. The summed E-state index contributed by atoms with van der Waals surface area (Å²) in [7, 11) is 4.16. The number of rotatable bonds is 5. The Morgan fingerprint density at radius 2 is 1.77 bits per heavy atom. The molecule has 1 aromatic rings. The summed E-state index contributed by atoms with van der Waals surface area (Å²) in [6.45, 7) is 10.8. The van der Waals surface area contributed by atoms with Crippen LogP contribution >= 0.6 is 0 Å². The van der Waals surface area contributed by atoms with Crippen LogP contribution in [0, 0.1) is 0 Å². The smallest absolute Gasteiger partial charge is 0.410 e. The minimum atomic E-state index is -0.495. The van der Waals surface area contributed by atoms with Crippen molar-refractivity contribution in [3.05, 3.63) is 35.4 Å². The molecule has 31 heavy (non-hydrogen) atoms. The fourth-order valence-electron chi connectivity index (χ4n) is 4.44. The molecule has 2 heterocycles. The second-order valence-electron chi connectivity index (χ2n) is 10.0. The molecule has 7 nitrogen and oxygen atoms in total. The fraction of sp³-hybridized carbons (Fsp3) is 0.667. The first kappa shape index (κ1) is 23.7. The van der Waals surface area contributed by atoms with Crippen molar-refractivity contribution in [2.24, 2.45) is 0 Å². The number of likely N-dealkylation sites (N-methyl/N-ethyl adjacent to an activating group) is 1. The Kier molecular flexibility index (Phi) is 7.08. The summed E-state index contributed by atoms with van der Waals surface area (Å²) in [6.07, 6.45) is 1.25. The molecule has 1 aromatic carbocycles. The van der Waals surface area contributed by atoms with E-state index in [9.17, 15) is 9.59 Å². The van der Waals surface area contributed by atoms with Crippen LogP contribution in [0.3, 0.4) is 0 Å². The van der Waals surface area contributed by atoms with Crippen LogP contribution in [-0.2, 0) is 16.0 Å². The highest BCUT2D eigenvalue weighted by Gasteiger charge is 2.49. The van der Waals surface area contributed by atoms with Crippen molar-refractivity contribution in [2.45, 2.75) is 64.4 Å². The van der Waals surface area contributed by atoms with Crippen molar-refractivity contribution >= 4 is 11.9 Å². The zero-order valence-electron chi connectivity index (χ0n) is 19.8. The number of Topliss-reactive ketones (excluding diaryl/α,β-unsaturated/α-hetero) is 1. The topological polar surface area (TPSA) is 62.3 Å². The average Bonchev–Trinajstić information content (AvgIpc) is 2.98. The SMILES string of the molecule is CC(=O)c1ccc(CN2C(CN(C)C)COC23CCN(C(=O)OC(C)(C)C)CC3)cc1. The zero-order valence-corrected chi connectivity index (χ0v) is 19.8. The van der Waals surface area contributed by atoms with Gasteiger partial charge in [0.2, 0.25) is 0 Å². The third kappa shape index (κ3) is 5.84. The molecule has 0 aromatic heterocycles. The van der Waals surface area contributed by atoms with Crippen molar-refractivity contribution in [2.75, 3.05) is 40.3 Å². The largest absolute Gasteiger partial charge is 0.444 e. The van der Waals surface area contributed by atoms with E-state index in [4.69, 9.17) is 9.47 Å². The molecule has 2 fully saturated rings. The van der Waals surface area contributed by atoms with Crippen molar-refractivity contribution in [3.8, 4) is 0 Å². The molecule has 2 aliphatic heterocycles. The lowest BCUT2D eigenvalue weighted by Crippen LogP contribution is -2.56. The van der Waals surface area contributed by atoms with E-state index in [2.05, 4.69) is 23.9 Å². The highest BCUT2D eigenvalue weighted by atomic mass is 16.6. The average molecular weight is 432 g/mol. The fourth-order valence-corrected chi connectivity index (χ4v) is 4.44. The van der Waals surface area contributed by atoms with Gasteiger partial charge in [0, 0.05) is 50.6 Å². The van der Waals surface area contributed by atoms with E-state index in [0.29, 0.717) is 19.7 Å². The highest BCUT2D eigenvalue weighted by Crippen LogP contribution is 2.38. The van der Waals surface area contributed by atoms with Gasteiger partial charge < -0.3 is 19.3 Å². The third-order valence-electron chi connectivity index (χ3n) is 5.99. The molecule has 0 radical (unpaired) electrons. The molecule has 3 rings (SSSR count). The number of hydrogen-bond donors (Lipinski definition) is 0. The van der Waals surface area contributed by atoms with Crippen molar-refractivity contribution in [1.82, 2.24) is 14.7 Å². The molecule has 2 saturated heterocycles. The molecule has 1 unspecified atom stereocenters. The predicted octanol–water partition coefficient (Wildman–Crippen LogP) is 3.38. The van der Waals surface area contributed by atoms with Gasteiger partial charge in [-0.2, -0.15) is 0 Å². The maximum absolute atomic E-state index is 12.5. The molecule has 1 amide bonds. The Labute approximate surface area is 186 Å². The van der Waals surface area contributed by atoms with E-state index in [1.165, 1.54) is 0 Å². The summed E-state index contributed by atoms with van der Waals surface area (Å²) in [5.41, 5.74) is 1.02. The number of carbonyl (C=O) groups is 2. The van der Waals surface area contributed by atoms with Crippen molar-refractivity contribution in [1.29, 1.82) is 0 Å². The maximum atomic E-state index is 12.5. The van der Waals surface area contributed by atoms with Gasteiger partial charge in [0.25, 0.3) is 0 Å². The molecule has 0 saturated carbocycles. The number of likely N-dealkylation sites (tertiary alicyclic amines) is 1. The van der Waals surface area contributed by atoms with Gasteiger partial charge in [-0.15, -0.1) is 0 Å². The van der Waals surface area contributed by atoms with Crippen LogP contribution in [-0.4, -0.2) is 84.3 Å². The number of benzene rings is 1. The van der Waals surface area contributed by atoms with E-state index < -0.39 is 5.60 Å². The number of hydrogen-bond acceptors (Lipinski definition) is 6. The zero-order chi connectivity index (χ0) is 22.8. The number of carbonyl (C=O) groups excluding carboxylic acids is 2. The van der Waals surface area contributed by atoms with E-state index in [1.54, 1.807) is 11.8 Å². The van der Waals surface area contributed by atoms with Crippen LogP contribution in [0.2, 0.25) is 0 Å². The molecule has 0 N–H and O–H groups in total. The molecular weight excluding hydrogens is 394 g/mol. The Morgan fingerprint density at radius 3 is 2.29 bits per heavy atom. The first-order valence-electron chi connectivity index (χ1n) is 11.1. The molecule has 7 heteroatoms. The summed E-state index contributed by atoms with van der Waals surface area (Å²) in [5, 5.41) is 0. The monoisotopic (exact) mass is 431 g/mol. The second-order valence-corrected chi connectivity index (χ2v) is 10.0. The summed E-state index contributed by atoms with van der Waals surface area (Å²) in [4.78, 5) is 30.6. The minimum Gasteiger partial charge on any atom is -0.444 e. The quantitative estimate of drug-likeness (QED) is 0.666. The summed E-state index contributed by atoms with van der Waals surface area (Å²) in [5.74, 6) is 0.0764. The molecule has 1 atom stereocenters. The van der Waals surface area contributed by atoms with Crippen LogP contribution in [0.25, 0.3) is 0 Å². The summed E-state index contributed by atoms with van der Waals surface area (Å²) >= 11 is 0. The van der Waals surface area contributed by atoms with E-state index >= 15 is 0 Å². The Morgan fingerprint density at radius 1 is 1.16 bits per heavy atom. The van der Waals surface area contributed by atoms with Gasteiger partial charge >= 0.3 is 6.09 Å². The van der Waals surface area contributed by atoms with Gasteiger partial charge in [0.05, 0.1) is 6.61 Å². The van der Waals surface area contributed by atoms with Crippen LogP contribution < -0.4 is 0 Å². The van der Waals surface area contributed by atoms with E-state index in [-0.39, 0.29) is 23.6 Å². The summed E-state index contributed by atoms with van der Waals surface area (Å²) in [6, 6.07) is 8.13. The number of ether oxygens (including phenoxy) is 2. The number of amides is 1. The van der Waals surface area contributed by atoms with E-state index in [0.717, 1.165) is 37.1 Å². The summed E-state index contributed by atoms with van der Waals surface area (Å²) < 4.78 is 12.0. The molecular formula is C24H37N3O4. The van der Waals surface area contributed by atoms with Crippen molar-refractivity contribution in [3.63, 3.8) is 0 Å². The van der Waals surface area contributed by atoms with Gasteiger partial charge in [-0.1, -0.05) is 24.3 Å². The minimum absolute atomic E-state index is 0.0764. The first-order chi connectivity index (χ1) is 14.5. The van der Waals surface area contributed by atoms with Gasteiger partial charge in [0.15, 0.2) is 5.78 Å². The number of nitrogens with zero attached hydrogens (tertiary/aromatic N) is 3. The maximum Gasteiger partial charge on any atom is 0.410 e. The van der Waals surface area contributed by atoms with Crippen LogP contribution in [0.5, 0.6) is 0 Å². The second kappa shape index (κ2) is 9.27. The molecule has 172 valence electrons. The Bertz CT molecular complexity index is 777. The van der Waals surface area contributed by atoms with Crippen LogP contribution in [0.4, 0.5) is 4.79 Å².